The van der Waals surface area contributed by atoms with E-state index in [2.05, 4.69) is 16.9 Å². The number of fused-ring (bicyclic) bond motifs is 2. The van der Waals surface area contributed by atoms with E-state index in [-0.39, 0.29) is 5.92 Å². The molecule has 0 spiro atoms. The molecule has 2 bridgehead atoms. The monoisotopic (exact) mass is 250 g/mol. The van der Waals surface area contributed by atoms with Gasteiger partial charge in [0.05, 0.1) is 11.3 Å². The van der Waals surface area contributed by atoms with Gasteiger partial charge in [0.25, 0.3) is 0 Å². The summed E-state index contributed by atoms with van der Waals surface area (Å²) in [7, 11) is 1.88. The van der Waals surface area contributed by atoms with Crippen LogP contribution >= 0.6 is 11.8 Å². The van der Waals surface area contributed by atoms with Gasteiger partial charge in [-0.1, -0.05) is 0 Å². The Balaban J connectivity index is 1.80. The van der Waals surface area contributed by atoms with Crippen LogP contribution in [0.3, 0.4) is 0 Å². The molecule has 2 atom stereocenters. The van der Waals surface area contributed by atoms with Gasteiger partial charge in [0.1, 0.15) is 0 Å². The Hall–Kier alpha value is -0.770. The Bertz CT molecular complexity index is 442. The van der Waals surface area contributed by atoms with E-state index >= 15 is 0 Å². The van der Waals surface area contributed by atoms with Crippen molar-refractivity contribution >= 4 is 17.5 Å². The number of aromatic nitrogens is 2. The molecule has 3 rings (SSSR count). The molecule has 0 aliphatic carbocycles. The second-order valence-electron chi connectivity index (χ2n) is 5.29. The van der Waals surface area contributed by atoms with E-state index in [1.165, 1.54) is 12.8 Å². The Morgan fingerprint density at radius 3 is 2.59 bits per heavy atom. The molecule has 2 saturated heterocycles. The van der Waals surface area contributed by atoms with E-state index in [1.54, 1.807) is 4.68 Å². The average Bonchev–Trinajstić information content (AvgIpc) is 2.80. The highest BCUT2D eigenvalue weighted by atomic mass is 32.2. The first-order valence-electron chi connectivity index (χ1n) is 6.33. The van der Waals surface area contributed by atoms with E-state index in [0.29, 0.717) is 5.78 Å². The molecule has 1 aromatic rings. The Morgan fingerprint density at radius 2 is 2.06 bits per heavy atom. The predicted molar refractivity (Wildman–Crippen MR) is 69.4 cm³/mol. The van der Waals surface area contributed by atoms with Crippen molar-refractivity contribution < 1.29 is 4.79 Å². The first kappa shape index (κ1) is 11.3. The summed E-state index contributed by atoms with van der Waals surface area (Å²) in [6.07, 6.45) is 6.65. The number of nitrogens with zero attached hydrogens (tertiary/aromatic N) is 2. The SMILES string of the molecule is Cc1nn(C)cc1C(=O)C1CC2CCC(C1)S2. The molecule has 2 fully saturated rings. The lowest BCUT2D eigenvalue weighted by molar-refractivity contribution is 0.0906. The van der Waals surface area contributed by atoms with Gasteiger partial charge < -0.3 is 0 Å². The molecule has 3 heterocycles. The summed E-state index contributed by atoms with van der Waals surface area (Å²) < 4.78 is 1.74. The zero-order valence-electron chi connectivity index (χ0n) is 10.3. The van der Waals surface area contributed by atoms with Gasteiger partial charge in [0, 0.05) is 29.7 Å². The molecule has 17 heavy (non-hydrogen) atoms. The number of carbonyl (C=O) groups is 1. The Morgan fingerprint density at radius 1 is 1.41 bits per heavy atom. The number of thioether (sulfide) groups is 1. The molecular weight excluding hydrogens is 232 g/mol. The van der Waals surface area contributed by atoms with Crippen molar-refractivity contribution in [3.8, 4) is 0 Å². The molecule has 2 unspecified atom stereocenters. The zero-order valence-corrected chi connectivity index (χ0v) is 11.2. The number of rotatable bonds is 2. The molecule has 2 aliphatic rings. The third-order valence-corrected chi connectivity index (χ3v) is 5.57. The largest absolute Gasteiger partial charge is 0.294 e. The highest BCUT2D eigenvalue weighted by Gasteiger charge is 2.38. The van der Waals surface area contributed by atoms with Crippen LogP contribution in [-0.2, 0) is 7.05 Å². The van der Waals surface area contributed by atoms with Crippen molar-refractivity contribution in [2.75, 3.05) is 0 Å². The maximum absolute atomic E-state index is 12.5. The van der Waals surface area contributed by atoms with Gasteiger partial charge in [-0.15, -0.1) is 0 Å². The molecule has 92 valence electrons. The summed E-state index contributed by atoms with van der Waals surface area (Å²) in [4.78, 5) is 12.5. The molecule has 0 amide bonds. The van der Waals surface area contributed by atoms with E-state index < -0.39 is 0 Å². The van der Waals surface area contributed by atoms with Crippen LogP contribution in [-0.4, -0.2) is 26.1 Å². The van der Waals surface area contributed by atoms with Crippen LogP contribution in [0.1, 0.15) is 41.7 Å². The van der Waals surface area contributed by atoms with Crippen molar-refractivity contribution in [2.24, 2.45) is 13.0 Å². The number of ketones is 1. The minimum absolute atomic E-state index is 0.247. The van der Waals surface area contributed by atoms with Crippen LogP contribution in [0, 0.1) is 12.8 Å². The second kappa shape index (κ2) is 4.16. The molecule has 4 heteroatoms. The summed E-state index contributed by atoms with van der Waals surface area (Å²) in [5, 5.41) is 5.74. The van der Waals surface area contributed by atoms with Gasteiger partial charge in [0.15, 0.2) is 5.78 Å². The Kier molecular flexibility index (Phi) is 2.77. The third-order valence-electron chi connectivity index (χ3n) is 3.94. The van der Waals surface area contributed by atoms with E-state index in [0.717, 1.165) is 34.6 Å². The lowest BCUT2D eigenvalue weighted by Gasteiger charge is -2.26. The van der Waals surface area contributed by atoms with Crippen molar-refractivity contribution in [2.45, 2.75) is 43.1 Å². The molecule has 0 radical (unpaired) electrons. The van der Waals surface area contributed by atoms with Crippen LogP contribution in [0.25, 0.3) is 0 Å². The topological polar surface area (TPSA) is 34.9 Å². The van der Waals surface area contributed by atoms with Crippen LogP contribution in [0.15, 0.2) is 6.20 Å². The molecule has 2 aliphatic heterocycles. The smallest absolute Gasteiger partial charge is 0.169 e. The quantitative estimate of drug-likeness (QED) is 0.757. The number of carbonyl (C=O) groups excluding carboxylic acids is 1. The fourth-order valence-corrected chi connectivity index (χ4v) is 4.91. The van der Waals surface area contributed by atoms with Gasteiger partial charge in [0.2, 0.25) is 0 Å². The molecule has 0 aromatic carbocycles. The summed E-state index contributed by atoms with van der Waals surface area (Å²) in [6, 6.07) is 0. The van der Waals surface area contributed by atoms with Crippen LogP contribution < -0.4 is 0 Å². The first-order chi connectivity index (χ1) is 8.13. The van der Waals surface area contributed by atoms with Crippen molar-refractivity contribution in [3.63, 3.8) is 0 Å². The lowest BCUT2D eigenvalue weighted by atomic mass is 9.91. The fraction of sp³-hybridized carbons (Fsp3) is 0.692. The van der Waals surface area contributed by atoms with E-state index in [4.69, 9.17) is 0 Å². The molecule has 0 N–H and O–H groups in total. The van der Waals surface area contributed by atoms with Gasteiger partial charge >= 0.3 is 0 Å². The second-order valence-corrected chi connectivity index (χ2v) is 6.90. The minimum Gasteiger partial charge on any atom is -0.294 e. The normalized spacial score (nSPS) is 31.8. The first-order valence-corrected chi connectivity index (χ1v) is 7.27. The molecular formula is C13H18N2OS. The van der Waals surface area contributed by atoms with Gasteiger partial charge in [-0.2, -0.15) is 16.9 Å². The van der Waals surface area contributed by atoms with Gasteiger partial charge in [-0.3, -0.25) is 9.48 Å². The predicted octanol–water partition coefficient (Wildman–Crippen LogP) is 2.59. The van der Waals surface area contributed by atoms with Crippen molar-refractivity contribution in [1.29, 1.82) is 0 Å². The standard InChI is InChI=1S/C13H18N2OS/c1-8-12(7-15(2)14-8)13(16)9-5-10-3-4-11(6-9)17-10/h7,9-11H,3-6H2,1-2H3. The maximum Gasteiger partial charge on any atom is 0.169 e. The number of hydrogen-bond acceptors (Lipinski definition) is 3. The number of aryl methyl sites for hydroxylation is 2. The highest BCUT2D eigenvalue weighted by Crippen LogP contribution is 2.46. The number of Topliss-reactive ketones (excluding diaryl/α,β-unsaturated/α-hetero) is 1. The van der Waals surface area contributed by atoms with E-state index in [1.807, 2.05) is 20.2 Å². The highest BCUT2D eigenvalue weighted by molar-refractivity contribution is 8.00. The summed E-state index contributed by atoms with van der Waals surface area (Å²) >= 11 is 2.11. The molecule has 1 aromatic heterocycles. The minimum atomic E-state index is 0.247. The van der Waals surface area contributed by atoms with Crippen LogP contribution in [0.4, 0.5) is 0 Å². The zero-order chi connectivity index (χ0) is 12.0. The van der Waals surface area contributed by atoms with Gasteiger partial charge in [-0.25, -0.2) is 0 Å². The number of hydrogen-bond donors (Lipinski definition) is 0. The summed E-state index contributed by atoms with van der Waals surface area (Å²) in [6.45, 7) is 1.93. The molecule has 3 nitrogen and oxygen atoms in total. The fourth-order valence-electron chi connectivity index (χ4n) is 3.13. The Labute approximate surface area is 106 Å². The summed E-state index contributed by atoms with van der Waals surface area (Å²) in [5.41, 5.74) is 1.71. The van der Waals surface area contributed by atoms with Crippen molar-refractivity contribution in [1.82, 2.24) is 9.78 Å². The van der Waals surface area contributed by atoms with Crippen molar-refractivity contribution in [3.05, 3.63) is 17.5 Å². The molecule has 0 saturated carbocycles. The lowest BCUT2D eigenvalue weighted by Crippen LogP contribution is -2.25. The van der Waals surface area contributed by atoms with E-state index in [9.17, 15) is 4.79 Å². The van der Waals surface area contributed by atoms with Crippen LogP contribution in [0.5, 0.6) is 0 Å². The van der Waals surface area contributed by atoms with Gasteiger partial charge in [-0.05, 0) is 32.6 Å². The average molecular weight is 250 g/mol. The summed E-state index contributed by atoms with van der Waals surface area (Å²) in [5.74, 6) is 0.574. The maximum atomic E-state index is 12.5. The van der Waals surface area contributed by atoms with Crippen LogP contribution in [0.2, 0.25) is 0 Å². The third kappa shape index (κ3) is 2.03.